The van der Waals surface area contributed by atoms with E-state index in [2.05, 4.69) is 38.3 Å². The highest BCUT2D eigenvalue weighted by Gasteiger charge is 2.24. The molecule has 1 fully saturated rings. The first kappa shape index (κ1) is 18.8. The molecule has 1 aliphatic rings. The molecule has 0 aliphatic carbocycles. The van der Waals surface area contributed by atoms with Gasteiger partial charge in [0.25, 0.3) is 0 Å². The summed E-state index contributed by atoms with van der Waals surface area (Å²) in [6.07, 6.45) is 5.54. The van der Waals surface area contributed by atoms with Crippen molar-refractivity contribution in [2.45, 2.75) is 25.8 Å². The standard InChI is InChI=1S/C20H27N7O/c1-3-6-18-24-19(15-13-23-26(2)20(15)25-18)22-14-17(16-7-4-5-8-21-16)27-9-11-28-12-10-27/h4-5,7-8,13,17H,3,6,9-12,14H2,1-2H3,(H,22,24,25)/t17-/m0/s1. The van der Waals surface area contributed by atoms with Gasteiger partial charge in [-0.3, -0.25) is 14.6 Å². The first-order valence-electron chi connectivity index (χ1n) is 9.91. The summed E-state index contributed by atoms with van der Waals surface area (Å²) in [5, 5.41) is 8.88. The van der Waals surface area contributed by atoms with Crippen molar-refractivity contribution in [1.29, 1.82) is 0 Å². The maximum absolute atomic E-state index is 5.54. The maximum Gasteiger partial charge on any atom is 0.163 e. The highest BCUT2D eigenvalue weighted by atomic mass is 16.5. The van der Waals surface area contributed by atoms with Crippen LogP contribution in [0.25, 0.3) is 11.0 Å². The lowest BCUT2D eigenvalue weighted by Gasteiger charge is -2.34. The molecule has 1 N–H and O–H groups in total. The number of rotatable bonds is 7. The van der Waals surface area contributed by atoms with E-state index in [0.29, 0.717) is 6.54 Å². The number of fused-ring (bicyclic) bond motifs is 1. The van der Waals surface area contributed by atoms with Crippen LogP contribution in [0.5, 0.6) is 0 Å². The van der Waals surface area contributed by atoms with E-state index in [-0.39, 0.29) is 6.04 Å². The van der Waals surface area contributed by atoms with E-state index < -0.39 is 0 Å². The van der Waals surface area contributed by atoms with Crippen LogP contribution in [0.2, 0.25) is 0 Å². The molecule has 28 heavy (non-hydrogen) atoms. The van der Waals surface area contributed by atoms with E-state index >= 15 is 0 Å². The fourth-order valence-corrected chi connectivity index (χ4v) is 3.61. The number of nitrogens with one attached hydrogen (secondary N) is 1. The van der Waals surface area contributed by atoms with E-state index in [0.717, 1.165) is 67.5 Å². The molecule has 3 aromatic rings. The summed E-state index contributed by atoms with van der Waals surface area (Å²) < 4.78 is 7.34. The molecule has 4 rings (SSSR count). The van der Waals surface area contributed by atoms with Gasteiger partial charge in [0.2, 0.25) is 0 Å². The Morgan fingerprint density at radius 2 is 2.07 bits per heavy atom. The Bertz CT molecular complexity index is 906. The van der Waals surface area contributed by atoms with Crippen LogP contribution in [-0.2, 0) is 18.2 Å². The molecule has 3 aromatic heterocycles. The van der Waals surface area contributed by atoms with Crippen molar-refractivity contribution in [3.63, 3.8) is 0 Å². The molecule has 4 heterocycles. The molecule has 0 saturated carbocycles. The van der Waals surface area contributed by atoms with Crippen molar-refractivity contribution >= 4 is 16.9 Å². The molecule has 1 atom stereocenters. The zero-order chi connectivity index (χ0) is 19.3. The zero-order valence-electron chi connectivity index (χ0n) is 16.5. The molecule has 8 heteroatoms. The van der Waals surface area contributed by atoms with Crippen LogP contribution in [0, 0.1) is 0 Å². The molecule has 1 saturated heterocycles. The van der Waals surface area contributed by atoms with Crippen molar-refractivity contribution in [2.75, 3.05) is 38.2 Å². The van der Waals surface area contributed by atoms with Gasteiger partial charge in [0, 0.05) is 39.3 Å². The number of aryl methyl sites for hydroxylation is 2. The minimum absolute atomic E-state index is 0.154. The molecule has 0 amide bonds. The van der Waals surface area contributed by atoms with E-state index in [9.17, 15) is 0 Å². The van der Waals surface area contributed by atoms with Crippen molar-refractivity contribution in [1.82, 2.24) is 29.6 Å². The maximum atomic E-state index is 5.54. The van der Waals surface area contributed by atoms with Gasteiger partial charge < -0.3 is 10.1 Å². The average molecular weight is 381 g/mol. The number of morpholine rings is 1. The first-order chi connectivity index (χ1) is 13.8. The van der Waals surface area contributed by atoms with Gasteiger partial charge in [0.1, 0.15) is 11.6 Å². The Balaban J connectivity index is 1.61. The Labute approximate surface area is 165 Å². The lowest BCUT2D eigenvalue weighted by molar-refractivity contribution is 0.0179. The Morgan fingerprint density at radius 1 is 1.21 bits per heavy atom. The molecule has 0 unspecified atom stereocenters. The number of anilines is 1. The van der Waals surface area contributed by atoms with Gasteiger partial charge in [0.15, 0.2) is 5.65 Å². The molecular weight excluding hydrogens is 354 g/mol. The van der Waals surface area contributed by atoms with Crippen LogP contribution in [0.4, 0.5) is 5.82 Å². The van der Waals surface area contributed by atoms with Crippen molar-refractivity contribution < 1.29 is 4.74 Å². The van der Waals surface area contributed by atoms with Crippen LogP contribution in [0.15, 0.2) is 30.6 Å². The van der Waals surface area contributed by atoms with Gasteiger partial charge in [-0.1, -0.05) is 13.0 Å². The highest BCUT2D eigenvalue weighted by molar-refractivity contribution is 5.86. The molecule has 0 aromatic carbocycles. The van der Waals surface area contributed by atoms with Gasteiger partial charge in [-0.15, -0.1) is 0 Å². The monoisotopic (exact) mass is 381 g/mol. The van der Waals surface area contributed by atoms with Crippen molar-refractivity contribution in [2.24, 2.45) is 7.05 Å². The van der Waals surface area contributed by atoms with Gasteiger partial charge in [-0.05, 0) is 18.6 Å². The fraction of sp³-hybridized carbons (Fsp3) is 0.500. The highest BCUT2D eigenvalue weighted by Crippen LogP contribution is 2.24. The third-order valence-corrected chi connectivity index (χ3v) is 5.09. The first-order valence-corrected chi connectivity index (χ1v) is 9.91. The topological polar surface area (TPSA) is 81.0 Å². The molecule has 8 nitrogen and oxygen atoms in total. The summed E-state index contributed by atoms with van der Waals surface area (Å²) in [6, 6.07) is 6.23. The largest absolute Gasteiger partial charge is 0.379 e. The second-order valence-corrected chi connectivity index (χ2v) is 7.04. The smallest absolute Gasteiger partial charge is 0.163 e. The van der Waals surface area contributed by atoms with E-state index in [1.165, 1.54) is 0 Å². The van der Waals surface area contributed by atoms with Gasteiger partial charge in [-0.25, -0.2) is 9.97 Å². The zero-order valence-corrected chi connectivity index (χ0v) is 16.5. The van der Waals surface area contributed by atoms with Crippen molar-refractivity contribution in [3.8, 4) is 0 Å². The number of pyridine rings is 1. The molecule has 0 bridgehead atoms. The second kappa shape index (κ2) is 8.62. The number of hydrogen-bond donors (Lipinski definition) is 1. The number of aromatic nitrogens is 5. The van der Waals surface area contributed by atoms with Crippen LogP contribution in [-0.4, -0.2) is 62.5 Å². The van der Waals surface area contributed by atoms with Gasteiger partial charge in [0.05, 0.1) is 36.5 Å². The molecule has 148 valence electrons. The summed E-state index contributed by atoms with van der Waals surface area (Å²) in [5.41, 5.74) is 1.92. The second-order valence-electron chi connectivity index (χ2n) is 7.04. The molecular formula is C20H27N7O. The third-order valence-electron chi connectivity index (χ3n) is 5.09. The third kappa shape index (κ3) is 3.98. The number of ether oxygens (including phenoxy) is 1. The number of hydrogen-bond acceptors (Lipinski definition) is 7. The normalized spacial score (nSPS) is 16.4. The summed E-state index contributed by atoms with van der Waals surface area (Å²) in [5.74, 6) is 1.69. The predicted molar refractivity (Wildman–Crippen MR) is 108 cm³/mol. The SMILES string of the molecule is CCCc1nc(NC[C@@H](c2ccccn2)N2CCOCC2)c2cnn(C)c2n1. The molecule has 0 spiro atoms. The lowest BCUT2D eigenvalue weighted by Crippen LogP contribution is -2.42. The van der Waals surface area contributed by atoms with Crippen LogP contribution in [0.1, 0.15) is 30.9 Å². The lowest BCUT2D eigenvalue weighted by atomic mass is 10.1. The number of nitrogens with zero attached hydrogens (tertiary/aromatic N) is 6. The summed E-state index contributed by atoms with van der Waals surface area (Å²) in [4.78, 5) is 16.5. The minimum Gasteiger partial charge on any atom is -0.379 e. The van der Waals surface area contributed by atoms with Crippen LogP contribution < -0.4 is 5.32 Å². The summed E-state index contributed by atoms with van der Waals surface area (Å²) in [7, 11) is 1.92. The van der Waals surface area contributed by atoms with E-state index in [1.807, 2.05) is 31.6 Å². The minimum atomic E-state index is 0.154. The molecule has 0 radical (unpaired) electrons. The van der Waals surface area contributed by atoms with E-state index in [1.54, 1.807) is 4.68 Å². The van der Waals surface area contributed by atoms with Gasteiger partial charge >= 0.3 is 0 Å². The average Bonchev–Trinajstić information content (AvgIpc) is 3.11. The summed E-state index contributed by atoms with van der Waals surface area (Å²) >= 11 is 0. The van der Waals surface area contributed by atoms with Crippen LogP contribution in [0.3, 0.4) is 0 Å². The van der Waals surface area contributed by atoms with Crippen molar-refractivity contribution in [3.05, 3.63) is 42.1 Å². The van der Waals surface area contributed by atoms with Crippen LogP contribution >= 0.6 is 0 Å². The Kier molecular flexibility index (Phi) is 5.78. The molecule has 1 aliphatic heterocycles. The summed E-state index contributed by atoms with van der Waals surface area (Å²) in [6.45, 7) is 6.16. The Hall–Kier alpha value is -2.58. The predicted octanol–water partition coefficient (Wildman–Crippen LogP) is 2.20. The fourth-order valence-electron chi connectivity index (χ4n) is 3.61. The Morgan fingerprint density at radius 3 is 2.82 bits per heavy atom. The van der Waals surface area contributed by atoms with E-state index in [4.69, 9.17) is 9.72 Å². The van der Waals surface area contributed by atoms with Gasteiger partial charge in [-0.2, -0.15) is 5.10 Å². The quantitative estimate of drug-likeness (QED) is 0.672.